The molecule has 0 aliphatic carbocycles. The quantitative estimate of drug-likeness (QED) is 0.852. The van der Waals surface area contributed by atoms with E-state index in [-0.39, 0.29) is 10.6 Å². The SMILES string of the molecule is COc1ccc(S(=O)(=O)NC2(C)CCNCC2)c(OC)c1. The number of benzene rings is 1. The molecule has 21 heavy (non-hydrogen) atoms. The van der Waals surface area contributed by atoms with Gasteiger partial charge in [0.25, 0.3) is 0 Å². The van der Waals surface area contributed by atoms with Gasteiger partial charge in [-0.15, -0.1) is 0 Å². The van der Waals surface area contributed by atoms with E-state index >= 15 is 0 Å². The molecule has 1 saturated heterocycles. The van der Waals surface area contributed by atoms with Gasteiger partial charge in [-0.2, -0.15) is 0 Å². The van der Waals surface area contributed by atoms with Gasteiger partial charge in [0.05, 0.1) is 14.2 Å². The molecule has 0 bridgehead atoms. The summed E-state index contributed by atoms with van der Waals surface area (Å²) >= 11 is 0. The van der Waals surface area contributed by atoms with Gasteiger partial charge < -0.3 is 14.8 Å². The Morgan fingerprint density at radius 1 is 1.19 bits per heavy atom. The lowest BCUT2D eigenvalue weighted by atomic mass is 9.92. The predicted molar refractivity (Wildman–Crippen MR) is 80.4 cm³/mol. The molecule has 0 atom stereocenters. The molecule has 118 valence electrons. The number of piperidine rings is 1. The number of methoxy groups -OCH3 is 2. The summed E-state index contributed by atoms with van der Waals surface area (Å²) in [5, 5.41) is 3.23. The maximum absolute atomic E-state index is 12.6. The Balaban J connectivity index is 2.30. The van der Waals surface area contributed by atoms with Crippen LogP contribution in [0.25, 0.3) is 0 Å². The van der Waals surface area contributed by atoms with Gasteiger partial charge in [0.1, 0.15) is 16.4 Å². The van der Waals surface area contributed by atoms with Crippen LogP contribution in [0.1, 0.15) is 19.8 Å². The minimum Gasteiger partial charge on any atom is -0.497 e. The molecule has 1 fully saturated rings. The molecule has 0 unspecified atom stereocenters. The fourth-order valence-electron chi connectivity index (χ4n) is 2.46. The first-order valence-corrected chi connectivity index (χ1v) is 8.35. The minimum absolute atomic E-state index is 0.130. The molecular formula is C14H22N2O4S. The molecule has 0 radical (unpaired) electrons. The van der Waals surface area contributed by atoms with Crippen LogP contribution >= 0.6 is 0 Å². The summed E-state index contributed by atoms with van der Waals surface area (Å²) in [6, 6.07) is 4.69. The molecule has 0 spiro atoms. The maximum Gasteiger partial charge on any atom is 0.244 e. The Morgan fingerprint density at radius 2 is 1.86 bits per heavy atom. The second-order valence-electron chi connectivity index (χ2n) is 5.43. The van der Waals surface area contributed by atoms with E-state index in [4.69, 9.17) is 9.47 Å². The molecule has 0 saturated carbocycles. The van der Waals surface area contributed by atoms with Crippen molar-refractivity contribution in [3.05, 3.63) is 18.2 Å². The highest BCUT2D eigenvalue weighted by atomic mass is 32.2. The van der Waals surface area contributed by atoms with Crippen LogP contribution in [-0.2, 0) is 10.0 Å². The van der Waals surface area contributed by atoms with Crippen molar-refractivity contribution < 1.29 is 17.9 Å². The van der Waals surface area contributed by atoms with Crippen LogP contribution in [-0.4, -0.2) is 41.3 Å². The molecule has 1 aliphatic rings. The van der Waals surface area contributed by atoms with Gasteiger partial charge in [0.2, 0.25) is 10.0 Å². The molecule has 2 rings (SSSR count). The van der Waals surface area contributed by atoms with Crippen molar-refractivity contribution in [2.45, 2.75) is 30.2 Å². The van der Waals surface area contributed by atoms with Gasteiger partial charge in [-0.05, 0) is 45.0 Å². The van der Waals surface area contributed by atoms with Gasteiger partial charge in [0.15, 0.2) is 0 Å². The largest absolute Gasteiger partial charge is 0.497 e. The van der Waals surface area contributed by atoms with Crippen molar-refractivity contribution in [2.24, 2.45) is 0 Å². The summed E-state index contributed by atoms with van der Waals surface area (Å²) in [5.74, 6) is 0.832. The fourth-order valence-corrected chi connectivity index (χ4v) is 4.07. The monoisotopic (exact) mass is 314 g/mol. The molecule has 0 aromatic heterocycles. The number of hydrogen-bond acceptors (Lipinski definition) is 5. The lowest BCUT2D eigenvalue weighted by molar-refractivity contribution is 0.307. The van der Waals surface area contributed by atoms with Crippen LogP contribution in [0, 0.1) is 0 Å². The van der Waals surface area contributed by atoms with E-state index < -0.39 is 15.6 Å². The highest BCUT2D eigenvalue weighted by molar-refractivity contribution is 7.89. The first-order valence-electron chi connectivity index (χ1n) is 6.87. The van der Waals surface area contributed by atoms with E-state index in [2.05, 4.69) is 10.0 Å². The third-order valence-electron chi connectivity index (χ3n) is 3.75. The smallest absolute Gasteiger partial charge is 0.244 e. The van der Waals surface area contributed by atoms with Gasteiger partial charge in [-0.3, -0.25) is 0 Å². The Bertz CT molecular complexity index is 595. The van der Waals surface area contributed by atoms with Crippen LogP contribution in [0.5, 0.6) is 11.5 Å². The zero-order valence-corrected chi connectivity index (χ0v) is 13.4. The molecule has 1 aromatic rings. The first-order chi connectivity index (χ1) is 9.90. The molecule has 1 aromatic carbocycles. The lowest BCUT2D eigenvalue weighted by Crippen LogP contribution is -2.52. The third-order valence-corrected chi connectivity index (χ3v) is 5.43. The molecule has 2 N–H and O–H groups in total. The molecule has 7 heteroatoms. The zero-order valence-electron chi connectivity index (χ0n) is 12.6. The second kappa shape index (κ2) is 6.21. The second-order valence-corrected chi connectivity index (χ2v) is 7.08. The normalized spacial score (nSPS) is 18.2. The van der Waals surface area contributed by atoms with Crippen molar-refractivity contribution in [3.8, 4) is 11.5 Å². The summed E-state index contributed by atoms with van der Waals surface area (Å²) in [5.41, 5.74) is -0.435. The average Bonchev–Trinajstić information content (AvgIpc) is 2.46. The van der Waals surface area contributed by atoms with Crippen molar-refractivity contribution in [1.29, 1.82) is 0 Å². The van der Waals surface area contributed by atoms with Crippen molar-refractivity contribution in [2.75, 3.05) is 27.3 Å². The average molecular weight is 314 g/mol. The molecule has 1 aliphatic heterocycles. The Labute approximate surface area is 125 Å². The third kappa shape index (κ3) is 3.66. The number of ether oxygens (including phenoxy) is 2. The summed E-state index contributed by atoms with van der Waals surface area (Å²) in [4.78, 5) is 0.130. The standard InChI is InChI=1S/C14H22N2O4S/c1-14(6-8-15-9-7-14)16-21(17,18)13-5-4-11(19-2)10-12(13)20-3/h4-5,10,15-16H,6-9H2,1-3H3. The lowest BCUT2D eigenvalue weighted by Gasteiger charge is -2.34. The Kier molecular flexibility index (Phi) is 4.75. The van der Waals surface area contributed by atoms with Crippen LogP contribution in [0.4, 0.5) is 0 Å². The molecule has 1 heterocycles. The van der Waals surface area contributed by atoms with Crippen molar-refractivity contribution >= 4 is 10.0 Å². The fraction of sp³-hybridized carbons (Fsp3) is 0.571. The minimum atomic E-state index is -3.64. The van der Waals surface area contributed by atoms with Gasteiger partial charge in [-0.25, -0.2) is 13.1 Å². The maximum atomic E-state index is 12.6. The molecule has 0 amide bonds. The summed E-state index contributed by atoms with van der Waals surface area (Å²) in [7, 11) is -0.675. The zero-order chi connectivity index (χ0) is 15.5. The highest BCUT2D eigenvalue weighted by Gasteiger charge is 2.33. The van der Waals surface area contributed by atoms with E-state index in [9.17, 15) is 8.42 Å². The Morgan fingerprint density at radius 3 is 2.43 bits per heavy atom. The van der Waals surface area contributed by atoms with E-state index in [1.165, 1.54) is 20.3 Å². The number of rotatable bonds is 5. The summed E-state index contributed by atoms with van der Waals surface area (Å²) in [6.45, 7) is 3.54. The predicted octanol–water partition coefficient (Wildman–Crippen LogP) is 1.12. The van der Waals surface area contributed by atoms with E-state index in [1.807, 2.05) is 6.92 Å². The van der Waals surface area contributed by atoms with Crippen LogP contribution in [0.2, 0.25) is 0 Å². The molecule has 6 nitrogen and oxygen atoms in total. The van der Waals surface area contributed by atoms with Gasteiger partial charge in [-0.1, -0.05) is 0 Å². The van der Waals surface area contributed by atoms with Gasteiger partial charge >= 0.3 is 0 Å². The number of hydrogen-bond donors (Lipinski definition) is 2. The van der Waals surface area contributed by atoms with Crippen LogP contribution < -0.4 is 19.5 Å². The molecular weight excluding hydrogens is 292 g/mol. The van der Waals surface area contributed by atoms with Gasteiger partial charge in [0, 0.05) is 11.6 Å². The number of nitrogens with one attached hydrogen (secondary N) is 2. The van der Waals surface area contributed by atoms with E-state index in [0.717, 1.165) is 25.9 Å². The van der Waals surface area contributed by atoms with Crippen molar-refractivity contribution in [3.63, 3.8) is 0 Å². The van der Waals surface area contributed by atoms with Crippen molar-refractivity contribution in [1.82, 2.24) is 10.0 Å². The summed E-state index contributed by atoms with van der Waals surface area (Å²) < 4.78 is 38.4. The Hall–Kier alpha value is -1.31. The first kappa shape index (κ1) is 16.1. The van der Waals surface area contributed by atoms with Crippen LogP contribution in [0.3, 0.4) is 0 Å². The number of sulfonamides is 1. The van der Waals surface area contributed by atoms with Crippen LogP contribution in [0.15, 0.2) is 23.1 Å². The topological polar surface area (TPSA) is 76.7 Å². The van der Waals surface area contributed by atoms with E-state index in [0.29, 0.717) is 5.75 Å². The highest BCUT2D eigenvalue weighted by Crippen LogP contribution is 2.30. The van der Waals surface area contributed by atoms with E-state index in [1.54, 1.807) is 12.1 Å². The summed E-state index contributed by atoms with van der Waals surface area (Å²) in [6.07, 6.45) is 1.51.